The van der Waals surface area contributed by atoms with Gasteiger partial charge in [0.15, 0.2) is 0 Å². The van der Waals surface area contributed by atoms with Crippen molar-refractivity contribution >= 4 is 18.0 Å². The Balaban J connectivity index is 2.45. The van der Waals surface area contributed by atoms with E-state index in [0.29, 0.717) is 5.69 Å². The molecule has 0 bridgehead atoms. The van der Waals surface area contributed by atoms with E-state index >= 15 is 0 Å². The Hall–Kier alpha value is -2.46. The first-order chi connectivity index (χ1) is 12.5. The van der Waals surface area contributed by atoms with E-state index in [1.54, 1.807) is 34.9 Å². The largest absolute Gasteiger partial charge is 0.462 e. The highest BCUT2D eigenvalue weighted by Gasteiger charge is 2.23. The average molecular weight is 384 g/mol. The SMILES string of the molecule is CN(C)C(=O)COCCOC(=O)C(N)Cc1cncn1C(=O)OC(C)(C)C. The number of imidazole rings is 1. The van der Waals surface area contributed by atoms with Crippen LogP contribution in [0.15, 0.2) is 12.5 Å². The molecule has 0 saturated carbocycles. The normalized spacial score (nSPS) is 12.4. The van der Waals surface area contributed by atoms with Crippen LogP contribution >= 0.6 is 0 Å². The van der Waals surface area contributed by atoms with E-state index in [-0.39, 0.29) is 32.1 Å². The second-order valence-electron chi connectivity index (χ2n) is 7.05. The monoisotopic (exact) mass is 384 g/mol. The molecular formula is C17H28N4O6. The smallest absolute Gasteiger partial charge is 0.420 e. The number of hydrogen-bond donors (Lipinski definition) is 1. The fraction of sp³-hybridized carbons (Fsp3) is 0.647. The molecular weight excluding hydrogens is 356 g/mol. The summed E-state index contributed by atoms with van der Waals surface area (Å²) in [6.07, 6.45) is 2.19. The highest BCUT2D eigenvalue weighted by atomic mass is 16.6. The zero-order chi connectivity index (χ0) is 20.6. The molecule has 0 fully saturated rings. The second kappa shape index (κ2) is 10.0. The number of likely N-dealkylation sites (N-methyl/N-ethyl adjacent to an activating group) is 1. The summed E-state index contributed by atoms with van der Waals surface area (Å²) in [5.74, 6) is -0.831. The minimum absolute atomic E-state index is 0.0292. The summed E-state index contributed by atoms with van der Waals surface area (Å²) in [6.45, 7) is 5.20. The second-order valence-corrected chi connectivity index (χ2v) is 7.05. The highest BCUT2D eigenvalue weighted by molar-refractivity contribution is 5.77. The van der Waals surface area contributed by atoms with E-state index in [4.69, 9.17) is 19.9 Å². The first-order valence-corrected chi connectivity index (χ1v) is 8.46. The van der Waals surface area contributed by atoms with Gasteiger partial charge < -0.3 is 24.8 Å². The molecule has 0 spiro atoms. The van der Waals surface area contributed by atoms with Gasteiger partial charge in [0.2, 0.25) is 5.91 Å². The lowest BCUT2D eigenvalue weighted by molar-refractivity contribution is -0.147. The van der Waals surface area contributed by atoms with Crippen LogP contribution in [0.3, 0.4) is 0 Å². The molecule has 1 amide bonds. The molecule has 10 heteroatoms. The zero-order valence-electron chi connectivity index (χ0n) is 16.4. The predicted octanol–water partition coefficient (Wildman–Crippen LogP) is 0.184. The minimum atomic E-state index is -0.980. The van der Waals surface area contributed by atoms with Crippen LogP contribution in [-0.2, 0) is 30.2 Å². The van der Waals surface area contributed by atoms with Crippen molar-refractivity contribution in [2.24, 2.45) is 5.73 Å². The third kappa shape index (κ3) is 8.18. The first-order valence-electron chi connectivity index (χ1n) is 8.46. The molecule has 0 aliphatic carbocycles. The molecule has 1 rings (SSSR count). The summed E-state index contributed by atoms with van der Waals surface area (Å²) in [6, 6.07) is -0.980. The van der Waals surface area contributed by atoms with Crippen LogP contribution in [0.2, 0.25) is 0 Å². The number of nitrogens with two attached hydrogens (primary N) is 1. The van der Waals surface area contributed by atoms with E-state index in [9.17, 15) is 14.4 Å². The number of nitrogens with zero attached hydrogens (tertiary/aromatic N) is 3. The van der Waals surface area contributed by atoms with Crippen LogP contribution in [0.4, 0.5) is 4.79 Å². The van der Waals surface area contributed by atoms with Gasteiger partial charge in [-0.05, 0) is 20.8 Å². The van der Waals surface area contributed by atoms with Gasteiger partial charge in [0.05, 0.1) is 12.3 Å². The number of rotatable bonds is 8. The van der Waals surface area contributed by atoms with E-state index in [0.717, 1.165) is 0 Å². The van der Waals surface area contributed by atoms with Crippen molar-refractivity contribution in [2.45, 2.75) is 38.8 Å². The first kappa shape index (κ1) is 22.6. The molecule has 0 saturated heterocycles. The maximum Gasteiger partial charge on any atom is 0.420 e. The molecule has 0 aliphatic heterocycles. The van der Waals surface area contributed by atoms with Crippen molar-refractivity contribution < 1.29 is 28.6 Å². The summed E-state index contributed by atoms with van der Waals surface area (Å²) >= 11 is 0. The van der Waals surface area contributed by atoms with Gasteiger partial charge in [-0.2, -0.15) is 0 Å². The summed E-state index contributed by atoms with van der Waals surface area (Å²) < 4.78 is 16.6. The van der Waals surface area contributed by atoms with Gasteiger partial charge >= 0.3 is 12.1 Å². The Labute approximate surface area is 158 Å². The Morgan fingerprint density at radius 2 is 1.93 bits per heavy atom. The molecule has 152 valence electrons. The summed E-state index contributed by atoms with van der Waals surface area (Å²) in [4.78, 5) is 40.7. The van der Waals surface area contributed by atoms with Crippen LogP contribution in [0.25, 0.3) is 0 Å². The molecule has 2 N–H and O–H groups in total. The lowest BCUT2D eigenvalue weighted by Gasteiger charge is -2.20. The van der Waals surface area contributed by atoms with Gasteiger partial charge in [0.25, 0.3) is 0 Å². The fourth-order valence-electron chi connectivity index (χ4n) is 1.85. The standard InChI is InChI=1S/C17H28N4O6/c1-17(2,3)27-16(24)21-11-19-9-12(21)8-13(18)15(23)26-7-6-25-10-14(22)20(4)5/h9,11,13H,6-8,10,18H2,1-5H3. The van der Waals surface area contributed by atoms with Crippen LogP contribution in [0, 0.1) is 0 Å². The molecule has 1 aromatic rings. The molecule has 1 aromatic heterocycles. The van der Waals surface area contributed by atoms with E-state index in [1.165, 1.54) is 22.0 Å². The Morgan fingerprint density at radius 3 is 2.52 bits per heavy atom. The number of aromatic nitrogens is 2. The lowest BCUT2D eigenvalue weighted by atomic mass is 10.2. The van der Waals surface area contributed by atoms with Gasteiger partial charge in [-0.25, -0.2) is 14.3 Å². The van der Waals surface area contributed by atoms with Gasteiger partial charge in [-0.1, -0.05) is 0 Å². The Bertz CT molecular complexity index is 650. The predicted molar refractivity (Wildman–Crippen MR) is 96.0 cm³/mol. The van der Waals surface area contributed by atoms with Crippen LogP contribution < -0.4 is 5.73 Å². The number of ether oxygens (including phenoxy) is 3. The molecule has 27 heavy (non-hydrogen) atoms. The number of amides is 1. The number of esters is 1. The van der Waals surface area contributed by atoms with E-state index < -0.39 is 23.7 Å². The van der Waals surface area contributed by atoms with Crippen molar-refractivity contribution in [3.8, 4) is 0 Å². The molecule has 1 heterocycles. The van der Waals surface area contributed by atoms with Gasteiger partial charge in [0, 0.05) is 26.7 Å². The van der Waals surface area contributed by atoms with Crippen LogP contribution in [0.1, 0.15) is 26.5 Å². The maximum absolute atomic E-state index is 12.1. The summed E-state index contributed by atoms with van der Waals surface area (Å²) in [5.41, 5.74) is 5.61. The highest BCUT2D eigenvalue weighted by Crippen LogP contribution is 2.11. The molecule has 10 nitrogen and oxygen atoms in total. The zero-order valence-corrected chi connectivity index (χ0v) is 16.4. The number of carbonyl (C=O) groups excluding carboxylic acids is 3. The topological polar surface area (TPSA) is 126 Å². The number of hydrogen-bond acceptors (Lipinski definition) is 8. The van der Waals surface area contributed by atoms with Crippen molar-refractivity contribution in [3.63, 3.8) is 0 Å². The van der Waals surface area contributed by atoms with Gasteiger partial charge in [-0.3, -0.25) is 9.59 Å². The number of carbonyl (C=O) groups is 3. The minimum Gasteiger partial charge on any atom is -0.462 e. The fourth-order valence-corrected chi connectivity index (χ4v) is 1.85. The van der Waals surface area contributed by atoms with Crippen LogP contribution in [0.5, 0.6) is 0 Å². The molecule has 0 aromatic carbocycles. The third-order valence-corrected chi connectivity index (χ3v) is 3.23. The quantitative estimate of drug-likeness (QED) is 0.497. The summed E-state index contributed by atoms with van der Waals surface area (Å²) in [5, 5.41) is 0. The van der Waals surface area contributed by atoms with E-state index in [2.05, 4.69) is 4.98 Å². The van der Waals surface area contributed by atoms with E-state index in [1.807, 2.05) is 0 Å². The van der Waals surface area contributed by atoms with Crippen molar-refractivity contribution in [2.75, 3.05) is 33.9 Å². The average Bonchev–Trinajstić information content (AvgIpc) is 3.00. The molecule has 0 aliphatic rings. The van der Waals surface area contributed by atoms with Crippen LogP contribution in [-0.4, -0.2) is 78.0 Å². The van der Waals surface area contributed by atoms with Crippen molar-refractivity contribution in [1.82, 2.24) is 14.5 Å². The van der Waals surface area contributed by atoms with Crippen molar-refractivity contribution in [1.29, 1.82) is 0 Å². The van der Waals surface area contributed by atoms with Gasteiger partial charge in [0.1, 0.15) is 31.2 Å². The Morgan fingerprint density at radius 1 is 1.26 bits per heavy atom. The van der Waals surface area contributed by atoms with Crippen molar-refractivity contribution in [3.05, 3.63) is 18.2 Å². The lowest BCUT2D eigenvalue weighted by Crippen LogP contribution is -2.36. The summed E-state index contributed by atoms with van der Waals surface area (Å²) in [7, 11) is 3.24. The molecule has 1 unspecified atom stereocenters. The Kier molecular flexibility index (Phi) is 8.38. The van der Waals surface area contributed by atoms with Gasteiger partial charge in [-0.15, -0.1) is 0 Å². The third-order valence-electron chi connectivity index (χ3n) is 3.23. The molecule has 1 atom stereocenters. The maximum atomic E-state index is 12.1. The molecule has 0 radical (unpaired) electrons.